The number of methoxy groups -OCH3 is 1. The molecule has 1 aliphatic carbocycles. The topological polar surface area (TPSA) is 21.3 Å². The summed E-state index contributed by atoms with van der Waals surface area (Å²) < 4.78 is 41.9. The van der Waals surface area contributed by atoms with Crippen molar-refractivity contribution in [2.45, 2.75) is 63.3 Å². The maximum atomic E-state index is 12.1. The van der Waals surface area contributed by atoms with Gasteiger partial charge in [-0.1, -0.05) is 6.92 Å². The molecule has 102 valence electrons. The van der Waals surface area contributed by atoms with Crippen LogP contribution in [0.3, 0.4) is 0 Å². The van der Waals surface area contributed by atoms with E-state index in [-0.39, 0.29) is 18.1 Å². The first-order chi connectivity index (χ1) is 7.93. The highest BCUT2D eigenvalue weighted by molar-refractivity contribution is 4.99. The summed E-state index contributed by atoms with van der Waals surface area (Å²) in [5.74, 6) is 0. The SMILES string of the molecule is CCNC(CCCC(F)(F)F)C1(OC)CCC1. The van der Waals surface area contributed by atoms with Gasteiger partial charge in [-0.15, -0.1) is 0 Å². The Balaban J connectivity index is 2.43. The highest BCUT2D eigenvalue weighted by Crippen LogP contribution is 2.40. The molecule has 1 atom stereocenters. The molecule has 0 spiro atoms. The molecule has 2 nitrogen and oxygen atoms in total. The number of ether oxygens (including phenoxy) is 1. The van der Waals surface area contributed by atoms with E-state index in [0.29, 0.717) is 6.42 Å². The monoisotopic (exact) mass is 253 g/mol. The molecule has 0 amide bonds. The van der Waals surface area contributed by atoms with Crippen LogP contribution in [-0.4, -0.2) is 31.5 Å². The Hall–Kier alpha value is -0.290. The summed E-state index contributed by atoms with van der Waals surface area (Å²) in [4.78, 5) is 0. The van der Waals surface area contributed by atoms with Crippen LogP contribution in [0.25, 0.3) is 0 Å². The van der Waals surface area contributed by atoms with Crippen LogP contribution in [0.2, 0.25) is 0 Å². The van der Waals surface area contributed by atoms with E-state index in [4.69, 9.17) is 4.74 Å². The second-order valence-electron chi connectivity index (χ2n) is 4.74. The molecule has 0 radical (unpaired) electrons. The summed E-state index contributed by atoms with van der Waals surface area (Å²) in [6.07, 6.45) is -1.03. The van der Waals surface area contributed by atoms with E-state index in [9.17, 15) is 13.2 Å². The first-order valence-corrected chi connectivity index (χ1v) is 6.29. The average molecular weight is 253 g/mol. The van der Waals surface area contributed by atoms with Crippen molar-refractivity contribution in [2.24, 2.45) is 0 Å². The molecule has 1 N–H and O–H groups in total. The molecule has 1 unspecified atom stereocenters. The highest BCUT2D eigenvalue weighted by atomic mass is 19.4. The largest absolute Gasteiger partial charge is 0.389 e. The number of likely N-dealkylation sites (N-methyl/N-ethyl adjacent to an activating group) is 1. The molecule has 0 aromatic heterocycles. The number of hydrogen-bond donors (Lipinski definition) is 1. The Morgan fingerprint density at radius 3 is 2.35 bits per heavy atom. The van der Waals surface area contributed by atoms with E-state index in [1.807, 2.05) is 6.92 Å². The maximum Gasteiger partial charge on any atom is 0.389 e. The van der Waals surface area contributed by atoms with Crippen molar-refractivity contribution in [3.05, 3.63) is 0 Å². The molecule has 0 heterocycles. The molecule has 1 aliphatic rings. The Kier molecular flexibility index (Phi) is 5.25. The van der Waals surface area contributed by atoms with Crippen LogP contribution in [0.4, 0.5) is 13.2 Å². The predicted octanol–water partition coefficient (Wildman–Crippen LogP) is 3.27. The third-order valence-corrected chi connectivity index (χ3v) is 3.65. The van der Waals surface area contributed by atoms with Crippen LogP contribution in [-0.2, 0) is 4.74 Å². The lowest BCUT2D eigenvalue weighted by Crippen LogP contribution is -2.56. The fourth-order valence-electron chi connectivity index (χ4n) is 2.52. The lowest BCUT2D eigenvalue weighted by molar-refractivity contribution is -0.139. The predicted molar refractivity (Wildman–Crippen MR) is 61.0 cm³/mol. The van der Waals surface area contributed by atoms with Crippen LogP contribution in [0.5, 0.6) is 0 Å². The second-order valence-corrected chi connectivity index (χ2v) is 4.74. The first kappa shape index (κ1) is 14.8. The number of alkyl halides is 3. The standard InChI is InChI=1S/C12H22F3NO/c1-3-16-10(6-4-9-12(13,14)15)11(17-2)7-5-8-11/h10,16H,3-9H2,1-2H3. The molecular weight excluding hydrogens is 231 g/mol. The van der Waals surface area contributed by atoms with Gasteiger partial charge >= 0.3 is 6.18 Å². The molecule has 0 aliphatic heterocycles. The van der Waals surface area contributed by atoms with E-state index < -0.39 is 12.6 Å². The van der Waals surface area contributed by atoms with E-state index >= 15 is 0 Å². The van der Waals surface area contributed by atoms with Gasteiger partial charge in [-0.25, -0.2) is 0 Å². The first-order valence-electron chi connectivity index (χ1n) is 6.29. The number of nitrogens with one attached hydrogen (secondary N) is 1. The van der Waals surface area contributed by atoms with Crippen molar-refractivity contribution >= 4 is 0 Å². The smallest absolute Gasteiger partial charge is 0.377 e. The van der Waals surface area contributed by atoms with Crippen molar-refractivity contribution in [1.82, 2.24) is 5.32 Å². The molecule has 0 bridgehead atoms. The number of rotatable bonds is 7. The van der Waals surface area contributed by atoms with Gasteiger partial charge in [-0.3, -0.25) is 0 Å². The van der Waals surface area contributed by atoms with Crippen molar-refractivity contribution in [3.63, 3.8) is 0 Å². The number of halogens is 3. The molecule has 1 rings (SSSR count). The summed E-state index contributed by atoms with van der Waals surface area (Å²) in [5, 5.41) is 3.27. The second kappa shape index (κ2) is 6.05. The molecule has 0 aromatic rings. The minimum absolute atomic E-state index is 0.0496. The Labute approximate surface area is 101 Å². The van der Waals surface area contributed by atoms with Gasteiger partial charge in [-0.2, -0.15) is 13.2 Å². The molecule has 5 heteroatoms. The maximum absolute atomic E-state index is 12.1. The average Bonchev–Trinajstić information content (AvgIpc) is 2.15. The van der Waals surface area contributed by atoms with Crippen molar-refractivity contribution < 1.29 is 17.9 Å². The summed E-state index contributed by atoms with van der Waals surface area (Å²) in [6.45, 7) is 2.74. The Morgan fingerprint density at radius 2 is 2.00 bits per heavy atom. The number of hydrogen-bond acceptors (Lipinski definition) is 2. The van der Waals surface area contributed by atoms with E-state index in [1.54, 1.807) is 7.11 Å². The van der Waals surface area contributed by atoms with Gasteiger partial charge in [0, 0.05) is 19.6 Å². The van der Waals surface area contributed by atoms with Gasteiger partial charge in [-0.05, 0) is 38.6 Å². The zero-order valence-corrected chi connectivity index (χ0v) is 10.6. The Morgan fingerprint density at radius 1 is 1.35 bits per heavy atom. The third kappa shape index (κ3) is 4.14. The zero-order valence-electron chi connectivity index (χ0n) is 10.6. The van der Waals surface area contributed by atoms with Gasteiger partial charge in [0.1, 0.15) is 0 Å². The molecule has 1 saturated carbocycles. The molecule has 0 aromatic carbocycles. The van der Waals surface area contributed by atoms with Crippen LogP contribution < -0.4 is 5.32 Å². The van der Waals surface area contributed by atoms with Gasteiger partial charge in [0.25, 0.3) is 0 Å². The highest BCUT2D eigenvalue weighted by Gasteiger charge is 2.44. The van der Waals surface area contributed by atoms with Crippen molar-refractivity contribution in [1.29, 1.82) is 0 Å². The van der Waals surface area contributed by atoms with Crippen molar-refractivity contribution in [2.75, 3.05) is 13.7 Å². The quantitative estimate of drug-likeness (QED) is 0.752. The molecule has 0 saturated heterocycles. The van der Waals surface area contributed by atoms with Gasteiger partial charge in [0.2, 0.25) is 0 Å². The minimum atomic E-state index is -4.05. The molecule has 1 fully saturated rings. The fraction of sp³-hybridized carbons (Fsp3) is 1.00. The Bertz CT molecular complexity index is 221. The van der Waals surface area contributed by atoms with Crippen LogP contribution in [0.1, 0.15) is 45.4 Å². The van der Waals surface area contributed by atoms with Crippen molar-refractivity contribution in [3.8, 4) is 0 Å². The van der Waals surface area contributed by atoms with Crippen LogP contribution in [0.15, 0.2) is 0 Å². The lowest BCUT2D eigenvalue weighted by Gasteiger charge is -2.47. The van der Waals surface area contributed by atoms with E-state index in [1.165, 1.54) is 0 Å². The summed E-state index contributed by atoms with van der Waals surface area (Å²) in [7, 11) is 1.66. The van der Waals surface area contributed by atoms with Crippen LogP contribution in [0, 0.1) is 0 Å². The molecular formula is C12H22F3NO. The van der Waals surface area contributed by atoms with Gasteiger partial charge in [0.15, 0.2) is 0 Å². The van der Waals surface area contributed by atoms with Gasteiger partial charge in [0.05, 0.1) is 5.60 Å². The lowest BCUT2D eigenvalue weighted by atomic mass is 9.73. The summed E-state index contributed by atoms with van der Waals surface area (Å²) in [6, 6.07) is 0.0496. The van der Waals surface area contributed by atoms with E-state index in [0.717, 1.165) is 25.8 Å². The van der Waals surface area contributed by atoms with Gasteiger partial charge < -0.3 is 10.1 Å². The third-order valence-electron chi connectivity index (χ3n) is 3.65. The van der Waals surface area contributed by atoms with E-state index in [2.05, 4.69) is 5.32 Å². The normalized spacial score (nSPS) is 21.0. The molecule has 17 heavy (non-hydrogen) atoms. The minimum Gasteiger partial charge on any atom is -0.377 e. The summed E-state index contributed by atoms with van der Waals surface area (Å²) >= 11 is 0. The van der Waals surface area contributed by atoms with Crippen LogP contribution >= 0.6 is 0 Å². The fourth-order valence-corrected chi connectivity index (χ4v) is 2.52. The zero-order chi connectivity index (χ0) is 12.9. The summed E-state index contributed by atoms with van der Waals surface area (Å²) in [5.41, 5.74) is -0.221.